The monoisotopic (exact) mass is 399 g/mol. The number of hydrogen-bond acceptors (Lipinski definition) is 5. The third kappa shape index (κ3) is 3.30. The van der Waals surface area contributed by atoms with Crippen LogP contribution in [-0.2, 0) is 0 Å². The third-order valence-corrected chi connectivity index (χ3v) is 6.41. The van der Waals surface area contributed by atoms with Gasteiger partial charge in [-0.1, -0.05) is 17.7 Å². The SMILES string of the molecule is Fc1cccc(C2CCC(N3N=CN4CC5=C(C=C(Cl)CC5)NC=C43)CC2)n1. The van der Waals surface area contributed by atoms with E-state index in [2.05, 4.69) is 20.2 Å². The van der Waals surface area contributed by atoms with Crippen molar-refractivity contribution in [2.24, 2.45) is 5.10 Å². The second-order valence-corrected chi connectivity index (χ2v) is 8.33. The molecule has 3 heterocycles. The van der Waals surface area contributed by atoms with Crippen LogP contribution < -0.4 is 5.32 Å². The zero-order valence-electron chi connectivity index (χ0n) is 15.6. The second kappa shape index (κ2) is 7.24. The molecular formula is C21H23ClFN5. The molecule has 0 saturated heterocycles. The summed E-state index contributed by atoms with van der Waals surface area (Å²) in [7, 11) is 0. The van der Waals surface area contributed by atoms with Gasteiger partial charge in [0.15, 0.2) is 0 Å². The molecule has 28 heavy (non-hydrogen) atoms. The van der Waals surface area contributed by atoms with Crippen molar-refractivity contribution in [1.82, 2.24) is 20.2 Å². The standard InChI is InChI=1S/C21H23ClFN5/c22-16-7-4-15-12-27-13-25-28(21(27)11-24-19(15)10-16)17-8-5-14(6-9-17)18-2-1-3-20(23)26-18/h1-3,10-11,13-14,17,24H,4-9,12H2. The van der Waals surface area contributed by atoms with Gasteiger partial charge in [0.2, 0.25) is 5.95 Å². The van der Waals surface area contributed by atoms with Crippen LogP contribution in [0.15, 0.2) is 57.7 Å². The van der Waals surface area contributed by atoms with Gasteiger partial charge in [0, 0.05) is 35.1 Å². The van der Waals surface area contributed by atoms with Gasteiger partial charge < -0.3 is 10.2 Å². The molecule has 0 radical (unpaired) electrons. The molecule has 0 amide bonds. The second-order valence-electron chi connectivity index (χ2n) is 7.85. The van der Waals surface area contributed by atoms with E-state index in [9.17, 15) is 4.39 Å². The summed E-state index contributed by atoms with van der Waals surface area (Å²) in [6.07, 6.45) is 11.9. The van der Waals surface area contributed by atoms with E-state index in [0.29, 0.717) is 12.0 Å². The predicted octanol–water partition coefficient (Wildman–Crippen LogP) is 4.38. The summed E-state index contributed by atoms with van der Waals surface area (Å²) in [6.45, 7) is 0.845. The highest BCUT2D eigenvalue weighted by Crippen LogP contribution is 2.37. The summed E-state index contributed by atoms with van der Waals surface area (Å²) in [5, 5.41) is 11.2. The van der Waals surface area contributed by atoms with Crippen molar-refractivity contribution in [2.45, 2.75) is 50.5 Å². The van der Waals surface area contributed by atoms with Crippen molar-refractivity contribution in [1.29, 1.82) is 0 Å². The van der Waals surface area contributed by atoms with Crippen LogP contribution in [0.2, 0.25) is 0 Å². The van der Waals surface area contributed by atoms with Gasteiger partial charge in [0.25, 0.3) is 0 Å². The number of allylic oxidation sites excluding steroid dienone is 2. The van der Waals surface area contributed by atoms with E-state index in [1.54, 1.807) is 6.07 Å². The maximum absolute atomic E-state index is 13.4. The van der Waals surface area contributed by atoms with Crippen LogP contribution >= 0.6 is 11.6 Å². The molecule has 0 atom stereocenters. The average molecular weight is 400 g/mol. The van der Waals surface area contributed by atoms with Crippen molar-refractivity contribution in [3.8, 4) is 0 Å². The van der Waals surface area contributed by atoms with E-state index in [-0.39, 0.29) is 5.95 Å². The largest absolute Gasteiger partial charge is 0.358 e. The van der Waals surface area contributed by atoms with E-state index >= 15 is 0 Å². The minimum atomic E-state index is -0.389. The Bertz CT molecular complexity index is 898. The summed E-state index contributed by atoms with van der Waals surface area (Å²) in [6, 6.07) is 5.46. The molecule has 1 aromatic rings. The van der Waals surface area contributed by atoms with Crippen LogP contribution in [-0.4, -0.2) is 33.8 Å². The number of hydrazone groups is 1. The summed E-state index contributed by atoms with van der Waals surface area (Å²) in [5.74, 6) is 1.03. The Morgan fingerprint density at radius 3 is 2.82 bits per heavy atom. The summed E-state index contributed by atoms with van der Waals surface area (Å²) in [4.78, 5) is 6.29. The van der Waals surface area contributed by atoms with Gasteiger partial charge in [-0.15, -0.1) is 0 Å². The molecule has 146 valence electrons. The Labute approximate surface area is 169 Å². The van der Waals surface area contributed by atoms with Gasteiger partial charge in [0.1, 0.15) is 12.2 Å². The van der Waals surface area contributed by atoms with Crippen molar-refractivity contribution in [3.05, 3.63) is 64.2 Å². The first-order valence-corrected chi connectivity index (χ1v) is 10.3. The summed E-state index contributed by atoms with van der Waals surface area (Å²) in [5.41, 5.74) is 3.36. The van der Waals surface area contributed by atoms with Crippen molar-refractivity contribution in [3.63, 3.8) is 0 Å². The molecule has 2 aliphatic carbocycles. The zero-order valence-corrected chi connectivity index (χ0v) is 16.4. The highest BCUT2D eigenvalue weighted by atomic mass is 35.5. The smallest absolute Gasteiger partial charge is 0.213 e. The van der Waals surface area contributed by atoms with Gasteiger partial charge >= 0.3 is 0 Å². The van der Waals surface area contributed by atoms with E-state index in [4.69, 9.17) is 16.7 Å². The molecule has 5 nitrogen and oxygen atoms in total. The highest BCUT2D eigenvalue weighted by Gasteiger charge is 2.34. The number of fused-ring (bicyclic) bond motifs is 1. The van der Waals surface area contributed by atoms with Crippen LogP contribution in [0, 0.1) is 5.95 Å². The minimum Gasteiger partial charge on any atom is -0.358 e. The lowest BCUT2D eigenvalue weighted by molar-refractivity contribution is 0.182. The fraction of sp³-hybridized carbons (Fsp3) is 0.429. The van der Waals surface area contributed by atoms with Gasteiger partial charge in [-0.2, -0.15) is 9.49 Å². The molecule has 1 fully saturated rings. The quantitative estimate of drug-likeness (QED) is 0.749. The molecule has 1 N–H and O–H groups in total. The number of nitrogens with one attached hydrogen (secondary N) is 1. The molecule has 5 rings (SSSR count). The Morgan fingerprint density at radius 1 is 1.14 bits per heavy atom. The lowest BCUT2D eigenvalue weighted by Gasteiger charge is -2.34. The summed E-state index contributed by atoms with van der Waals surface area (Å²) >= 11 is 6.22. The van der Waals surface area contributed by atoms with Crippen molar-refractivity contribution in [2.75, 3.05) is 6.54 Å². The van der Waals surface area contributed by atoms with Gasteiger partial charge in [0.05, 0.1) is 6.04 Å². The van der Waals surface area contributed by atoms with Crippen LogP contribution in [0.25, 0.3) is 0 Å². The number of aromatic nitrogens is 1. The highest BCUT2D eigenvalue weighted by molar-refractivity contribution is 6.29. The zero-order chi connectivity index (χ0) is 19.1. The van der Waals surface area contributed by atoms with Crippen molar-refractivity contribution < 1.29 is 4.39 Å². The Kier molecular flexibility index (Phi) is 4.59. The number of halogens is 2. The molecule has 4 aliphatic rings. The Balaban J connectivity index is 1.27. The lowest BCUT2D eigenvalue weighted by atomic mass is 9.83. The number of hydrogen-bond donors (Lipinski definition) is 1. The number of nitrogens with zero attached hydrogens (tertiary/aromatic N) is 4. The predicted molar refractivity (Wildman–Crippen MR) is 108 cm³/mol. The molecule has 7 heteroatoms. The van der Waals surface area contributed by atoms with Crippen LogP contribution in [0.4, 0.5) is 4.39 Å². The molecule has 0 unspecified atom stereocenters. The Hall–Kier alpha value is -2.34. The van der Waals surface area contributed by atoms with Crippen molar-refractivity contribution >= 4 is 17.9 Å². The normalized spacial score (nSPS) is 26.9. The summed E-state index contributed by atoms with van der Waals surface area (Å²) < 4.78 is 13.4. The number of rotatable bonds is 2. The maximum Gasteiger partial charge on any atom is 0.213 e. The van der Waals surface area contributed by atoms with E-state index in [0.717, 1.165) is 67.3 Å². The van der Waals surface area contributed by atoms with Gasteiger partial charge in [-0.05, 0) is 62.3 Å². The van der Waals surface area contributed by atoms with E-state index in [1.165, 1.54) is 11.6 Å². The van der Waals surface area contributed by atoms with E-state index < -0.39 is 0 Å². The van der Waals surface area contributed by atoms with E-state index in [1.807, 2.05) is 24.7 Å². The number of pyridine rings is 1. The topological polar surface area (TPSA) is 43.8 Å². The van der Waals surface area contributed by atoms with Crippen LogP contribution in [0.1, 0.15) is 50.1 Å². The first-order valence-electron chi connectivity index (χ1n) is 9.94. The Morgan fingerprint density at radius 2 is 2.00 bits per heavy atom. The lowest BCUT2D eigenvalue weighted by Crippen LogP contribution is -2.35. The van der Waals surface area contributed by atoms with Crippen LogP contribution in [0.3, 0.4) is 0 Å². The van der Waals surface area contributed by atoms with Crippen LogP contribution in [0.5, 0.6) is 0 Å². The molecule has 0 bridgehead atoms. The first kappa shape index (κ1) is 17.7. The maximum atomic E-state index is 13.4. The minimum absolute atomic E-state index is 0.331. The van der Waals surface area contributed by atoms with Gasteiger partial charge in [-0.25, -0.2) is 9.99 Å². The third-order valence-electron chi connectivity index (χ3n) is 6.11. The molecule has 1 aromatic heterocycles. The molecule has 1 saturated carbocycles. The molecular weight excluding hydrogens is 377 g/mol. The fourth-order valence-corrected chi connectivity index (χ4v) is 4.78. The average Bonchev–Trinajstić information content (AvgIpc) is 3.02. The fourth-order valence-electron chi connectivity index (χ4n) is 4.58. The molecule has 0 spiro atoms. The first-order chi connectivity index (χ1) is 13.7. The molecule has 2 aliphatic heterocycles. The van der Waals surface area contributed by atoms with Gasteiger partial charge in [-0.3, -0.25) is 0 Å². The molecule has 0 aromatic carbocycles.